The third-order valence-electron chi connectivity index (χ3n) is 5.69. The minimum absolute atomic E-state index is 0.272. The molecule has 112 valence electrons. The van der Waals surface area contributed by atoms with Crippen LogP contribution < -0.4 is 5.32 Å². The van der Waals surface area contributed by atoms with Crippen LogP contribution in [0, 0.1) is 17.8 Å². The van der Waals surface area contributed by atoms with Crippen molar-refractivity contribution < 1.29 is 14.3 Å². The van der Waals surface area contributed by atoms with Gasteiger partial charge in [0.1, 0.15) is 5.82 Å². The molecule has 1 amide bonds. The Morgan fingerprint density at radius 2 is 2.05 bits per heavy atom. The van der Waals surface area contributed by atoms with Crippen LogP contribution >= 0.6 is 0 Å². The number of amides is 1. The molecule has 0 unspecified atom stereocenters. The number of anilines is 1. The average molecular weight is 288 g/mol. The molecular formula is C16H20N2O3. The molecule has 2 aliphatic rings. The highest BCUT2D eigenvalue weighted by Crippen LogP contribution is 2.65. The second-order valence-electron chi connectivity index (χ2n) is 6.80. The summed E-state index contributed by atoms with van der Waals surface area (Å²) in [5.41, 5.74) is -1.35. The fraction of sp³-hybridized carbons (Fsp3) is 0.562. The fourth-order valence-electron chi connectivity index (χ4n) is 3.57. The van der Waals surface area contributed by atoms with Gasteiger partial charge in [-0.2, -0.15) is 0 Å². The molecule has 2 heterocycles. The summed E-state index contributed by atoms with van der Waals surface area (Å²) in [7, 11) is 0. The lowest BCUT2D eigenvalue weighted by Gasteiger charge is -2.35. The Kier molecular flexibility index (Phi) is 2.71. The van der Waals surface area contributed by atoms with Crippen LogP contribution in [-0.2, 0) is 14.3 Å². The van der Waals surface area contributed by atoms with Crippen LogP contribution in [0.3, 0.4) is 0 Å². The Bertz CT molecular complexity index is 640. The van der Waals surface area contributed by atoms with E-state index >= 15 is 0 Å². The van der Waals surface area contributed by atoms with Crippen LogP contribution in [0.4, 0.5) is 5.82 Å². The summed E-state index contributed by atoms with van der Waals surface area (Å²) in [6.07, 6.45) is 2.86. The molecule has 2 fully saturated rings. The lowest BCUT2D eigenvalue weighted by Crippen LogP contribution is -2.50. The number of carbonyl (C=O) groups is 2. The number of ether oxygens (including phenoxy) is 1. The molecule has 1 aromatic heterocycles. The number of nitrogens with one attached hydrogen (secondary N) is 1. The number of aryl methyl sites for hydroxylation is 1. The van der Waals surface area contributed by atoms with Gasteiger partial charge >= 0.3 is 5.97 Å². The van der Waals surface area contributed by atoms with E-state index in [1.807, 2.05) is 39.8 Å². The van der Waals surface area contributed by atoms with Crippen LogP contribution in [0.2, 0.25) is 0 Å². The van der Waals surface area contributed by atoms with Crippen molar-refractivity contribution in [3.05, 3.63) is 23.9 Å². The molecule has 1 saturated carbocycles. The molecule has 0 spiro atoms. The minimum Gasteiger partial charge on any atom is -0.448 e. The van der Waals surface area contributed by atoms with Gasteiger partial charge in [-0.15, -0.1) is 0 Å². The summed E-state index contributed by atoms with van der Waals surface area (Å²) in [5.74, 6) is -0.0280. The summed E-state index contributed by atoms with van der Waals surface area (Å²) in [4.78, 5) is 29.2. The lowest BCUT2D eigenvalue weighted by molar-refractivity contribution is -0.165. The fourth-order valence-corrected chi connectivity index (χ4v) is 3.57. The first-order chi connectivity index (χ1) is 9.74. The van der Waals surface area contributed by atoms with Crippen molar-refractivity contribution in [3.8, 4) is 0 Å². The first kappa shape index (κ1) is 14.0. The third kappa shape index (κ3) is 1.54. The number of rotatable bonds is 2. The third-order valence-corrected chi connectivity index (χ3v) is 5.69. The SMILES string of the molecule is Cc1cccnc1NC(=O)[C@@]12CC[C@@](C)(C(=O)O1)C2(C)C. The molecule has 3 rings (SSSR count). The number of pyridine rings is 1. The molecule has 5 nitrogen and oxygen atoms in total. The highest BCUT2D eigenvalue weighted by molar-refractivity contribution is 6.03. The quantitative estimate of drug-likeness (QED) is 0.849. The smallest absolute Gasteiger partial charge is 0.313 e. The summed E-state index contributed by atoms with van der Waals surface area (Å²) < 4.78 is 5.56. The van der Waals surface area contributed by atoms with Crippen LogP contribution in [0.25, 0.3) is 0 Å². The van der Waals surface area contributed by atoms with E-state index in [4.69, 9.17) is 4.74 Å². The number of hydrogen-bond donors (Lipinski definition) is 1. The van der Waals surface area contributed by atoms with Crippen LogP contribution in [0.15, 0.2) is 18.3 Å². The Morgan fingerprint density at radius 1 is 1.33 bits per heavy atom. The number of fused-ring (bicyclic) bond motifs is 2. The van der Waals surface area contributed by atoms with E-state index in [0.717, 1.165) is 5.56 Å². The molecule has 1 aliphatic carbocycles. The average Bonchev–Trinajstić information content (AvgIpc) is 2.72. The number of nitrogens with zero attached hydrogens (tertiary/aromatic N) is 1. The Hall–Kier alpha value is -1.91. The van der Waals surface area contributed by atoms with E-state index < -0.39 is 16.4 Å². The van der Waals surface area contributed by atoms with E-state index in [1.54, 1.807) is 6.20 Å². The maximum Gasteiger partial charge on any atom is 0.313 e. The van der Waals surface area contributed by atoms with Gasteiger partial charge in [0.2, 0.25) is 0 Å². The minimum atomic E-state index is -1.09. The van der Waals surface area contributed by atoms with Crippen molar-refractivity contribution in [2.45, 2.75) is 46.1 Å². The van der Waals surface area contributed by atoms with Crippen molar-refractivity contribution >= 4 is 17.7 Å². The number of carbonyl (C=O) groups excluding carboxylic acids is 2. The number of hydrogen-bond acceptors (Lipinski definition) is 4. The summed E-state index contributed by atoms with van der Waals surface area (Å²) in [5, 5.41) is 2.84. The van der Waals surface area contributed by atoms with Gasteiger partial charge in [-0.05, 0) is 38.3 Å². The zero-order valence-electron chi connectivity index (χ0n) is 12.8. The largest absolute Gasteiger partial charge is 0.448 e. The zero-order chi connectivity index (χ0) is 15.5. The number of esters is 1. The van der Waals surface area contributed by atoms with Gasteiger partial charge in [0.05, 0.1) is 5.41 Å². The Balaban J connectivity index is 1.96. The highest BCUT2D eigenvalue weighted by atomic mass is 16.6. The molecule has 1 aliphatic heterocycles. The summed E-state index contributed by atoms with van der Waals surface area (Å²) in [6.45, 7) is 7.65. The van der Waals surface area contributed by atoms with Gasteiger partial charge in [-0.3, -0.25) is 9.59 Å². The zero-order valence-corrected chi connectivity index (χ0v) is 12.8. The molecule has 1 aromatic rings. The molecule has 1 N–H and O–H groups in total. The second kappa shape index (κ2) is 4.06. The molecular weight excluding hydrogens is 268 g/mol. The summed E-state index contributed by atoms with van der Waals surface area (Å²) >= 11 is 0. The van der Waals surface area contributed by atoms with Gasteiger partial charge in [-0.25, -0.2) is 4.98 Å². The molecule has 2 atom stereocenters. The van der Waals surface area contributed by atoms with Gasteiger partial charge in [0.15, 0.2) is 5.60 Å². The maximum absolute atomic E-state index is 12.8. The van der Waals surface area contributed by atoms with Crippen molar-refractivity contribution in [1.29, 1.82) is 0 Å². The molecule has 21 heavy (non-hydrogen) atoms. The summed E-state index contributed by atoms with van der Waals surface area (Å²) in [6, 6.07) is 3.69. The van der Waals surface area contributed by atoms with Crippen molar-refractivity contribution in [3.63, 3.8) is 0 Å². The van der Waals surface area contributed by atoms with Gasteiger partial charge in [0, 0.05) is 11.6 Å². The van der Waals surface area contributed by atoms with Crippen LogP contribution in [0.1, 0.15) is 39.2 Å². The molecule has 0 radical (unpaired) electrons. The van der Waals surface area contributed by atoms with Crippen LogP contribution in [-0.4, -0.2) is 22.5 Å². The highest BCUT2D eigenvalue weighted by Gasteiger charge is 2.75. The Labute approximate surface area is 124 Å². The second-order valence-corrected chi connectivity index (χ2v) is 6.80. The molecule has 1 saturated heterocycles. The number of aromatic nitrogens is 1. The van der Waals surface area contributed by atoms with Crippen LogP contribution in [0.5, 0.6) is 0 Å². The van der Waals surface area contributed by atoms with Gasteiger partial charge in [0.25, 0.3) is 5.91 Å². The monoisotopic (exact) mass is 288 g/mol. The first-order valence-electron chi connectivity index (χ1n) is 7.21. The van der Waals surface area contributed by atoms with Gasteiger partial charge < -0.3 is 10.1 Å². The van der Waals surface area contributed by atoms with Crippen molar-refractivity contribution in [2.24, 2.45) is 10.8 Å². The van der Waals surface area contributed by atoms with E-state index in [2.05, 4.69) is 10.3 Å². The van der Waals surface area contributed by atoms with Crippen molar-refractivity contribution in [1.82, 2.24) is 4.98 Å². The van der Waals surface area contributed by atoms with Crippen molar-refractivity contribution in [2.75, 3.05) is 5.32 Å². The topological polar surface area (TPSA) is 68.3 Å². The van der Waals surface area contributed by atoms with E-state index in [0.29, 0.717) is 18.7 Å². The first-order valence-corrected chi connectivity index (χ1v) is 7.21. The Morgan fingerprint density at radius 3 is 2.57 bits per heavy atom. The predicted octanol–water partition coefficient (Wildman–Crippen LogP) is 2.45. The predicted molar refractivity (Wildman–Crippen MR) is 77.5 cm³/mol. The lowest BCUT2D eigenvalue weighted by atomic mass is 9.66. The van der Waals surface area contributed by atoms with E-state index in [9.17, 15) is 9.59 Å². The van der Waals surface area contributed by atoms with E-state index in [-0.39, 0.29) is 11.9 Å². The van der Waals surface area contributed by atoms with E-state index in [1.165, 1.54) is 0 Å². The molecule has 5 heteroatoms. The molecule has 2 bridgehead atoms. The molecule has 0 aromatic carbocycles. The standard InChI is InChI=1S/C16H20N2O3/c1-10-6-5-9-17-11(10)18-12(19)16-8-7-15(4,13(20)21-16)14(16,2)3/h5-6,9H,7-8H2,1-4H3,(H,17,18,19)/t15-,16+/m0/s1. The van der Waals surface area contributed by atoms with Gasteiger partial charge in [-0.1, -0.05) is 19.9 Å². The maximum atomic E-state index is 12.8. The normalized spacial score (nSPS) is 32.9.